The fourth-order valence-electron chi connectivity index (χ4n) is 2.16. The first kappa shape index (κ1) is 12.4. The van der Waals surface area contributed by atoms with Crippen molar-refractivity contribution in [1.29, 1.82) is 0 Å². The van der Waals surface area contributed by atoms with Crippen LogP contribution in [0.4, 0.5) is 5.82 Å². The van der Waals surface area contributed by atoms with E-state index in [0.29, 0.717) is 0 Å². The zero-order valence-corrected chi connectivity index (χ0v) is 11.4. The number of pyridine rings is 1. The lowest BCUT2D eigenvalue weighted by molar-refractivity contribution is -0.119. The fraction of sp³-hybridized carbons (Fsp3) is 0.500. The molecule has 0 bridgehead atoms. The van der Waals surface area contributed by atoms with Gasteiger partial charge in [0.1, 0.15) is 10.4 Å². The number of hydrogen-bond donors (Lipinski definition) is 1. The Bertz CT molecular complexity index is 410. The number of halogens is 1. The molecule has 1 aromatic rings. The van der Waals surface area contributed by atoms with Gasteiger partial charge in [-0.05, 0) is 40.9 Å². The van der Waals surface area contributed by atoms with Crippen LogP contribution in [-0.2, 0) is 4.79 Å². The fourth-order valence-corrected chi connectivity index (χ4v) is 2.50. The Balaban J connectivity index is 2.04. The first-order valence-corrected chi connectivity index (χ1v) is 6.59. The normalized spacial score (nSPS) is 20.1. The molecule has 1 amide bonds. The van der Waals surface area contributed by atoms with Crippen molar-refractivity contribution in [2.45, 2.75) is 25.8 Å². The third-order valence-corrected chi connectivity index (χ3v) is 3.29. The zero-order chi connectivity index (χ0) is 12.3. The minimum Gasteiger partial charge on any atom is -0.355 e. The van der Waals surface area contributed by atoms with E-state index < -0.39 is 0 Å². The highest BCUT2D eigenvalue weighted by molar-refractivity contribution is 9.10. The largest absolute Gasteiger partial charge is 0.355 e. The van der Waals surface area contributed by atoms with E-state index in [4.69, 9.17) is 0 Å². The van der Waals surface area contributed by atoms with Gasteiger partial charge in [-0.2, -0.15) is 0 Å². The molecule has 1 aliphatic heterocycles. The van der Waals surface area contributed by atoms with Gasteiger partial charge in [0, 0.05) is 26.1 Å². The number of rotatable bonds is 2. The van der Waals surface area contributed by atoms with Crippen molar-refractivity contribution in [3.05, 3.63) is 22.8 Å². The van der Waals surface area contributed by atoms with Crippen molar-refractivity contribution >= 4 is 27.7 Å². The molecule has 17 heavy (non-hydrogen) atoms. The van der Waals surface area contributed by atoms with Gasteiger partial charge in [-0.1, -0.05) is 6.07 Å². The van der Waals surface area contributed by atoms with Crippen molar-refractivity contribution in [3.8, 4) is 0 Å². The van der Waals surface area contributed by atoms with Crippen LogP contribution in [0.25, 0.3) is 0 Å². The van der Waals surface area contributed by atoms with Gasteiger partial charge in [-0.25, -0.2) is 4.98 Å². The van der Waals surface area contributed by atoms with Crippen molar-refractivity contribution < 1.29 is 4.79 Å². The molecular weight excluding hydrogens is 282 g/mol. The van der Waals surface area contributed by atoms with Gasteiger partial charge >= 0.3 is 0 Å². The summed E-state index contributed by atoms with van der Waals surface area (Å²) in [6, 6.07) is 6.13. The number of hydrogen-bond acceptors (Lipinski definition) is 3. The standard InChI is InChI=1S/C12H16BrN3O/c1-9(17)14-10-4-3-7-16(8-10)12-6-2-5-11(13)15-12/h2,5-6,10H,3-4,7-8H2,1H3,(H,14,17). The lowest BCUT2D eigenvalue weighted by atomic mass is 10.1. The molecule has 0 saturated carbocycles. The Morgan fingerprint density at radius 1 is 1.59 bits per heavy atom. The van der Waals surface area contributed by atoms with Crippen molar-refractivity contribution in [2.75, 3.05) is 18.0 Å². The monoisotopic (exact) mass is 297 g/mol. The predicted octanol–water partition coefficient (Wildman–Crippen LogP) is 1.95. The molecule has 1 aromatic heterocycles. The van der Waals surface area contributed by atoms with Gasteiger partial charge in [0.05, 0.1) is 0 Å². The first-order valence-electron chi connectivity index (χ1n) is 5.80. The van der Waals surface area contributed by atoms with Crippen LogP contribution >= 0.6 is 15.9 Å². The third kappa shape index (κ3) is 3.43. The number of aromatic nitrogens is 1. The van der Waals surface area contributed by atoms with E-state index in [1.807, 2.05) is 18.2 Å². The Morgan fingerprint density at radius 3 is 3.12 bits per heavy atom. The third-order valence-electron chi connectivity index (χ3n) is 2.85. The summed E-state index contributed by atoms with van der Waals surface area (Å²) in [5.74, 6) is 1.01. The first-order chi connectivity index (χ1) is 8.15. The van der Waals surface area contributed by atoms with E-state index in [1.54, 1.807) is 6.92 Å². The molecule has 4 nitrogen and oxygen atoms in total. The number of amides is 1. The minimum atomic E-state index is 0.0408. The van der Waals surface area contributed by atoms with Gasteiger partial charge in [0.2, 0.25) is 5.91 Å². The number of carbonyl (C=O) groups is 1. The second kappa shape index (κ2) is 5.49. The smallest absolute Gasteiger partial charge is 0.217 e. The number of piperidine rings is 1. The molecule has 1 fully saturated rings. The summed E-state index contributed by atoms with van der Waals surface area (Å²) in [6.07, 6.45) is 2.13. The molecule has 2 rings (SSSR count). The van der Waals surface area contributed by atoms with Gasteiger partial charge in [0.25, 0.3) is 0 Å². The second-order valence-corrected chi connectivity index (χ2v) is 5.12. The lowest BCUT2D eigenvalue weighted by Gasteiger charge is -2.33. The molecule has 92 valence electrons. The van der Waals surface area contributed by atoms with E-state index in [-0.39, 0.29) is 11.9 Å². The van der Waals surface area contributed by atoms with E-state index in [2.05, 4.69) is 31.1 Å². The Labute approximate surface area is 110 Å². The van der Waals surface area contributed by atoms with Crippen LogP contribution in [0.3, 0.4) is 0 Å². The molecule has 1 unspecified atom stereocenters. The molecule has 0 spiro atoms. The molecular formula is C12H16BrN3O. The summed E-state index contributed by atoms with van der Waals surface area (Å²) in [5.41, 5.74) is 0. The van der Waals surface area contributed by atoms with Gasteiger partial charge in [-0.3, -0.25) is 4.79 Å². The maximum Gasteiger partial charge on any atom is 0.217 e. The van der Waals surface area contributed by atoms with Crippen molar-refractivity contribution in [3.63, 3.8) is 0 Å². The van der Waals surface area contributed by atoms with Crippen LogP contribution in [0.1, 0.15) is 19.8 Å². The van der Waals surface area contributed by atoms with Crippen molar-refractivity contribution in [1.82, 2.24) is 10.3 Å². The average molecular weight is 298 g/mol. The number of carbonyl (C=O) groups excluding carboxylic acids is 1. The average Bonchev–Trinajstić information content (AvgIpc) is 2.28. The van der Waals surface area contributed by atoms with Gasteiger partial charge in [-0.15, -0.1) is 0 Å². The molecule has 5 heteroatoms. The molecule has 0 aromatic carbocycles. The minimum absolute atomic E-state index is 0.0408. The second-order valence-electron chi connectivity index (χ2n) is 4.30. The molecule has 1 atom stereocenters. The summed E-state index contributed by atoms with van der Waals surface area (Å²) < 4.78 is 0.844. The lowest BCUT2D eigenvalue weighted by Crippen LogP contribution is -2.47. The zero-order valence-electron chi connectivity index (χ0n) is 9.82. The number of anilines is 1. The highest BCUT2D eigenvalue weighted by Gasteiger charge is 2.21. The maximum absolute atomic E-state index is 11.1. The predicted molar refractivity (Wildman–Crippen MR) is 71.0 cm³/mol. The van der Waals surface area contributed by atoms with Crippen LogP contribution in [-0.4, -0.2) is 30.0 Å². The van der Waals surface area contributed by atoms with Crippen LogP contribution in [0.2, 0.25) is 0 Å². The number of nitrogens with zero attached hydrogens (tertiary/aromatic N) is 2. The SMILES string of the molecule is CC(=O)NC1CCCN(c2cccc(Br)n2)C1. The summed E-state index contributed by atoms with van der Waals surface area (Å²) in [5, 5.41) is 2.98. The maximum atomic E-state index is 11.1. The highest BCUT2D eigenvalue weighted by atomic mass is 79.9. The van der Waals surface area contributed by atoms with Crippen LogP contribution in [0.5, 0.6) is 0 Å². The van der Waals surface area contributed by atoms with Crippen LogP contribution in [0.15, 0.2) is 22.8 Å². The summed E-state index contributed by atoms with van der Waals surface area (Å²) in [4.78, 5) is 17.7. The summed E-state index contributed by atoms with van der Waals surface area (Å²) >= 11 is 3.38. The van der Waals surface area contributed by atoms with E-state index in [9.17, 15) is 4.79 Å². The quantitative estimate of drug-likeness (QED) is 0.849. The summed E-state index contributed by atoms with van der Waals surface area (Å²) in [7, 11) is 0. The van der Waals surface area contributed by atoms with E-state index in [0.717, 1.165) is 36.4 Å². The Morgan fingerprint density at radius 2 is 2.41 bits per heavy atom. The van der Waals surface area contributed by atoms with Crippen LogP contribution in [0, 0.1) is 0 Å². The Hall–Kier alpha value is -1.10. The van der Waals surface area contributed by atoms with Gasteiger partial charge in [0.15, 0.2) is 0 Å². The van der Waals surface area contributed by atoms with Crippen LogP contribution < -0.4 is 10.2 Å². The molecule has 0 aliphatic carbocycles. The Kier molecular flexibility index (Phi) is 3.99. The molecule has 1 N–H and O–H groups in total. The van der Waals surface area contributed by atoms with E-state index >= 15 is 0 Å². The summed E-state index contributed by atoms with van der Waals surface area (Å²) in [6.45, 7) is 3.40. The number of nitrogens with one attached hydrogen (secondary N) is 1. The van der Waals surface area contributed by atoms with Gasteiger partial charge < -0.3 is 10.2 Å². The molecule has 2 heterocycles. The molecule has 1 saturated heterocycles. The molecule has 0 radical (unpaired) electrons. The topological polar surface area (TPSA) is 45.2 Å². The highest BCUT2D eigenvalue weighted by Crippen LogP contribution is 2.19. The van der Waals surface area contributed by atoms with Crippen molar-refractivity contribution in [2.24, 2.45) is 0 Å². The van der Waals surface area contributed by atoms with E-state index in [1.165, 1.54) is 0 Å². The molecule has 1 aliphatic rings.